The minimum atomic E-state index is -0.364. The van der Waals surface area contributed by atoms with E-state index in [1.807, 2.05) is 74.8 Å². The Bertz CT molecular complexity index is 891. The van der Waals surface area contributed by atoms with Crippen LogP contribution in [0.15, 0.2) is 89.6 Å². The predicted octanol–water partition coefficient (Wildman–Crippen LogP) is 4.03. The summed E-state index contributed by atoms with van der Waals surface area (Å²) in [6.45, 7) is 0. The third-order valence-electron chi connectivity index (χ3n) is 4.28. The van der Waals surface area contributed by atoms with Crippen molar-refractivity contribution in [2.75, 3.05) is 19.0 Å². The molecule has 1 aliphatic rings. The van der Waals surface area contributed by atoms with Gasteiger partial charge in [-0.05, 0) is 28.8 Å². The number of nitrogens with one attached hydrogen (secondary N) is 1. The van der Waals surface area contributed by atoms with Crippen LogP contribution in [0.5, 0.6) is 0 Å². The quantitative estimate of drug-likeness (QED) is 0.649. The van der Waals surface area contributed by atoms with Crippen LogP contribution in [0.1, 0.15) is 11.1 Å². The lowest BCUT2D eigenvalue weighted by molar-refractivity contribution is -0.122. The van der Waals surface area contributed by atoms with Crippen molar-refractivity contribution in [3.8, 4) is 0 Å². The first-order valence-electron chi connectivity index (χ1n) is 8.85. The molecule has 0 spiro atoms. The fraction of sp³-hybridized carbons (Fsp3) is 0.130. The van der Waals surface area contributed by atoms with Crippen molar-refractivity contribution in [2.24, 2.45) is 11.0 Å². The predicted molar refractivity (Wildman–Crippen MR) is 113 cm³/mol. The highest BCUT2D eigenvalue weighted by Gasteiger charge is 2.19. The number of hydrogen-bond acceptors (Lipinski definition) is 3. The van der Waals surface area contributed by atoms with Crippen molar-refractivity contribution < 1.29 is 4.79 Å². The van der Waals surface area contributed by atoms with Gasteiger partial charge in [-0.1, -0.05) is 72.8 Å². The van der Waals surface area contributed by atoms with E-state index in [0.29, 0.717) is 0 Å². The Kier molecular flexibility index (Phi) is 6.00. The van der Waals surface area contributed by atoms with Gasteiger partial charge in [0.05, 0.1) is 12.1 Å². The first-order valence-corrected chi connectivity index (χ1v) is 8.85. The second-order valence-corrected chi connectivity index (χ2v) is 6.50. The SMILES string of the molecule is CN(C)c1ccc(C=C2C=CC=CC2C(=O)NN=Cc2ccccc2)cc1. The highest BCUT2D eigenvalue weighted by molar-refractivity contribution is 5.88. The number of anilines is 1. The fourth-order valence-electron chi connectivity index (χ4n) is 2.77. The number of allylic oxidation sites excluding steroid dienone is 3. The molecule has 1 aliphatic carbocycles. The topological polar surface area (TPSA) is 44.7 Å². The normalized spacial score (nSPS) is 17.4. The standard InChI is InChI=1S/C23H23N3O/c1-26(2)21-14-12-18(13-15-21)16-20-10-6-7-11-22(20)23(27)25-24-17-19-8-4-3-5-9-19/h3-17,22H,1-2H3,(H,25,27). The van der Waals surface area contributed by atoms with E-state index in [9.17, 15) is 4.79 Å². The van der Waals surface area contributed by atoms with Gasteiger partial charge in [-0.2, -0.15) is 5.10 Å². The lowest BCUT2D eigenvalue weighted by Gasteiger charge is -2.16. The molecule has 2 aromatic carbocycles. The van der Waals surface area contributed by atoms with E-state index in [-0.39, 0.29) is 11.8 Å². The molecule has 0 radical (unpaired) electrons. The molecular formula is C23H23N3O. The van der Waals surface area contributed by atoms with E-state index >= 15 is 0 Å². The minimum Gasteiger partial charge on any atom is -0.378 e. The van der Waals surface area contributed by atoms with Gasteiger partial charge in [-0.3, -0.25) is 4.79 Å². The van der Waals surface area contributed by atoms with Gasteiger partial charge in [0, 0.05) is 19.8 Å². The lowest BCUT2D eigenvalue weighted by atomic mass is 9.92. The van der Waals surface area contributed by atoms with Crippen LogP contribution in [0.3, 0.4) is 0 Å². The van der Waals surface area contributed by atoms with Crippen molar-refractivity contribution in [3.05, 3.63) is 95.6 Å². The van der Waals surface area contributed by atoms with E-state index in [4.69, 9.17) is 0 Å². The van der Waals surface area contributed by atoms with Crippen LogP contribution in [0.25, 0.3) is 6.08 Å². The molecule has 4 nitrogen and oxygen atoms in total. The van der Waals surface area contributed by atoms with Crippen molar-refractivity contribution in [3.63, 3.8) is 0 Å². The van der Waals surface area contributed by atoms with Gasteiger partial charge in [0.25, 0.3) is 5.91 Å². The molecule has 0 aromatic heterocycles. The zero-order chi connectivity index (χ0) is 19.1. The highest BCUT2D eigenvalue weighted by Crippen LogP contribution is 2.23. The van der Waals surface area contributed by atoms with Crippen LogP contribution in [0, 0.1) is 5.92 Å². The average Bonchev–Trinajstić information content (AvgIpc) is 2.69. The van der Waals surface area contributed by atoms with Crippen molar-refractivity contribution in [2.45, 2.75) is 0 Å². The number of carbonyl (C=O) groups is 1. The molecular weight excluding hydrogens is 334 g/mol. The number of hydrazone groups is 1. The number of rotatable bonds is 5. The number of carbonyl (C=O) groups excluding carboxylic acids is 1. The second-order valence-electron chi connectivity index (χ2n) is 6.50. The Hall–Kier alpha value is -3.40. The summed E-state index contributed by atoms with van der Waals surface area (Å²) >= 11 is 0. The van der Waals surface area contributed by atoms with E-state index in [2.05, 4.69) is 39.7 Å². The van der Waals surface area contributed by atoms with Gasteiger partial charge in [0.1, 0.15) is 0 Å². The number of amides is 1. The first kappa shape index (κ1) is 18.4. The minimum absolute atomic E-state index is 0.154. The van der Waals surface area contributed by atoms with Gasteiger partial charge in [0.15, 0.2) is 0 Å². The molecule has 136 valence electrons. The van der Waals surface area contributed by atoms with Crippen LogP contribution in [0.4, 0.5) is 5.69 Å². The molecule has 1 N–H and O–H groups in total. The van der Waals surface area contributed by atoms with Gasteiger partial charge < -0.3 is 4.90 Å². The maximum atomic E-state index is 12.6. The maximum Gasteiger partial charge on any atom is 0.251 e. The summed E-state index contributed by atoms with van der Waals surface area (Å²) in [5.41, 5.74) is 6.71. The molecule has 3 rings (SSSR count). The molecule has 0 aliphatic heterocycles. The molecule has 2 aromatic rings. The van der Waals surface area contributed by atoms with Crippen molar-refractivity contribution in [1.29, 1.82) is 0 Å². The average molecular weight is 357 g/mol. The third kappa shape index (κ3) is 5.05. The lowest BCUT2D eigenvalue weighted by Crippen LogP contribution is -2.27. The Morgan fingerprint density at radius 3 is 2.44 bits per heavy atom. The van der Waals surface area contributed by atoms with E-state index < -0.39 is 0 Å². The molecule has 27 heavy (non-hydrogen) atoms. The fourth-order valence-corrected chi connectivity index (χ4v) is 2.77. The van der Waals surface area contributed by atoms with E-state index in [1.165, 1.54) is 0 Å². The van der Waals surface area contributed by atoms with Crippen molar-refractivity contribution in [1.82, 2.24) is 5.43 Å². The zero-order valence-electron chi connectivity index (χ0n) is 15.5. The molecule has 0 saturated carbocycles. The molecule has 0 fully saturated rings. The summed E-state index contributed by atoms with van der Waals surface area (Å²) in [6, 6.07) is 17.9. The Morgan fingerprint density at radius 2 is 1.74 bits per heavy atom. The maximum absolute atomic E-state index is 12.6. The molecule has 0 heterocycles. The first-order chi connectivity index (χ1) is 13.1. The molecule has 1 amide bonds. The van der Waals surface area contributed by atoms with Crippen LogP contribution in [0.2, 0.25) is 0 Å². The number of benzene rings is 2. The summed E-state index contributed by atoms with van der Waals surface area (Å²) in [5.74, 6) is -0.518. The summed E-state index contributed by atoms with van der Waals surface area (Å²) in [4.78, 5) is 14.6. The molecule has 1 atom stereocenters. The van der Waals surface area contributed by atoms with Gasteiger partial charge in [0.2, 0.25) is 0 Å². The van der Waals surface area contributed by atoms with E-state index in [1.54, 1.807) is 6.21 Å². The summed E-state index contributed by atoms with van der Waals surface area (Å²) < 4.78 is 0. The summed E-state index contributed by atoms with van der Waals surface area (Å²) in [5, 5.41) is 4.07. The van der Waals surface area contributed by atoms with Gasteiger partial charge in [-0.25, -0.2) is 5.43 Å². The van der Waals surface area contributed by atoms with Gasteiger partial charge in [-0.15, -0.1) is 0 Å². The van der Waals surface area contributed by atoms with Gasteiger partial charge >= 0.3 is 0 Å². The largest absolute Gasteiger partial charge is 0.378 e. The Morgan fingerprint density at radius 1 is 1.00 bits per heavy atom. The molecule has 4 heteroatoms. The molecule has 0 bridgehead atoms. The zero-order valence-corrected chi connectivity index (χ0v) is 15.5. The summed E-state index contributed by atoms with van der Waals surface area (Å²) in [7, 11) is 4.02. The van der Waals surface area contributed by atoms with E-state index in [0.717, 1.165) is 22.4 Å². The number of nitrogens with zero attached hydrogens (tertiary/aromatic N) is 2. The smallest absolute Gasteiger partial charge is 0.251 e. The van der Waals surface area contributed by atoms with Crippen molar-refractivity contribution >= 4 is 23.9 Å². The number of hydrogen-bond donors (Lipinski definition) is 1. The molecule has 0 saturated heterocycles. The Balaban J connectivity index is 1.71. The van der Waals surface area contributed by atoms with Crippen LogP contribution >= 0.6 is 0 Å². The summed E-state index contributed by atoms with van der Waals surface area (Å²) in [6.07, 6.45) is 11.3. The highest BCUT2D eigenvalue weighted by atomic mass is 16.2. The Labute approximate surface area is 160 Å². The monoisotopic (exact) mass is 357 g/mol. The van der Waals surface area contributed by atoms with Crippen LogP contribution in [-0.4, -0.2) is 26.2 Å². The van der Waals surface area contributed by atoms with Crippen LogP contribution in [-0.2, 0) is 4.79 Å². The second kappa shape index (κ2) is 8.81. The van der Waals surface area contributed by atoms with Crippen LogP contribution < -0.4 is 10.3 Å². The molecule has 1 unspecified atom stereocenters. The third-order valence-corrected chi connectivity index (χ3v) is 4.28.